The highest BCUT2D eigenvalue weighted by Gasteiger charge is 2.05. The Hall–Kier alpha value is -1.51. The third-order valence-corrected chi connectivity index (χ3v) is 3.20. The molecule has 0 saturated heterocycles. The SMILES string of the molecule is CCC(O)c1cccc(OCc2ccc(Cl)cc2)c1. The molecule has 0 heterocycles. The molecular weight excluding hydrogens is 260 g/mol. The highest BCUT2D eigenvalue weighted by atomic mass is 35.5. The van der Waals surface area contributed by atoms with Gasteiger partial charge in [0.1, 0.15) is 12.4 Å². The van der Waals surface area contributed by atoms with E-state index < -0.39 is 6.10 Å². The van der Waals surface area contributed by atoms with E-state index in [1.807, 2.05) is 55.5 Å². The topological polar surface area (TPSA) is 29.5 Å². The zero-order chi connectivity index (χ0) is 13.7. The quantitative estimate of drug-likeness (QED) is 0.879. The fourth-order valence-corrected chi connectivity index (χ4v) is 1.92. The number of hydrogen-bond acceptors (Lipinski definition) is 2. The first-order valence-electron chi connectivity index (χ1n) is 6.34. The molecule has 0 aliphatic heterocycles. The summed E-state index contributed by atoms with van der Waals surface area (Å²) in [5.41, 5.74) is 1.95. The van der Waals surface area contributed by atoms with E-state index in [2.05, 4.69) is 0 Å². The zero-order valence-electron chi connectivity index (χ0n) is 10.8. The molecule has 0 bridgehead atoms. The molecular formula is C16H17ClO2. The van der Waals surface area contributed by atoms with Crippen LogP contribution in [0.4, 0.5) is 0 Å². The lowest BCUT2D eigenvalue weighted by Gasteiger charge is -2.11. The van der Waals surface area contributed by atoms with Gasteiger partial charge in [0.15, 0.2) is 0 Å². The maximum absolute atomic E-state index is 9.80. The number of aliphatic hydroxyl groups excluding tert-OH is 1. The monoisotopic (exact) mass is 276 g/mol. The maximum atomic E-state index is 9.80. The van der Waals surface area contributed by atoms with Crippen LogP contribution >= 0.6 is 11.6 Å². The summed E-state index contributed by atoms with van der Waals surface area (Å²) in [5.74, 6) is 0.764. The fourth-order valence-electron chi connectivity index (χ4n) is 1.79. The summed E-state index contributed by atoms with van der Waals surface area (Å²) in [6, 6.07) is 15.1. The lowest BCUT2D eigenvalue weighted by molar-refractivity contribution is 0.173. The van der Waals surface area contributed by atoms with Gasteiger partial charge in [-0.3, -0.25) is 0 Å². The highest BCUT2D eigenvalue weighted by Crippen LogP contribution is 2.22. The smallest absolute Gasteiger partial charge is 0.120 e. The molecule has 0 saturated carbocycles. The van der Waals surface area contributed by atoms with Gasteiger partial charge in [0.2, 0.25) is 0 Å². The van der Waals surface area contributed by atoms with Gasteiger partial charge >= 0.3 is 0 Å². The van der Waals surface area contributed by atoms with E-state index >= 15 is 0 Å². The molecule has 1 unspecified atom stereocenters. The van der Waals surface area contributed by atoms with Gasteiger partial charge in [0.25, 0.3) is 0 Å². The van der Waals surface area contributed by atoms with Gasteiger partial charge < -0.3 is 9.84 Å². The van der Waals surface area contributed by atoms with Crippen LogP contribution in [0.2, 0.25) is 5.02 Å². The van der Waals surface area contributed by atoms with Crippen LogP contribution in [0.3, 0.4) is 0 Å². The second-order valence-electron chi connectivity index (χ2n) is 4.41. The van der Waals surface area contributed by atoms with Crippen LogP contribution in [-0.4, -0.2) is 5.11 Å². The number of halogens is 1. The van der Waals surface area contributed by atoms with Gasteiger partial charge in [-0.25, -0.2) is 0 Å². The van der Waals surface area contributed by atoms with Crippen molar-refractivity contribution in [1.82, 2.24) is 0 Å². The number of aliphatic hydroxyl groups is 1. The molecule has 2 aromatic carbocycles. The predicted molar refractivity (Wildman–Crippen MR) is 77.5 cm³/mol. The summed E-state index contributed by atoms with van der Waals surface area (Å²) in [5, 5.41) is 10.5. The average molecular weight is 277 g/mol. The van der Waals surface area contributed by atoms with Gasteiger partial charge in [0.05, 0.1) is 6.10 Å². The van der Waals surface area contributed by atoms with Crippen LogP contribution in [0.15, 0.2) is 48.5 Å². The zero-order valence-corrected chi connectivity index (χ0v) is 11.6. The third kappa shape index (κ3) is 3.98. The van der Waals surface area contributed by atoms with Crippen molar-refractivity contribution in [1.29, 1.82) is 0 Å². The minimum Gasteiger partial charge on any atom is -0.489 e. The first-order chi connectivity index (χ1) is 9.19. The fraction of sp³-hybridized carbons (Fsp3) is 0.250. The lowest BCUT2D eigenvalue weighted by atomic mass is 10.1. The summed E-state index contributed by atoms with van der Waals surface area (Å²) < 4.78 is 5.71. The Kier molecular flexibility index (Phi) is 4.83. The van der Waals surface area contributed by atoms with Crippen molar-refractivity contribution in [2.45, 2.75) is 26.1 Å². The Labute approximate surface area is 118 Å². The highest BCUT2D eigenvalue weighted by molar-refractivity contribution is 6.30. The molecule has 1 atom stereocenters. The van der Waals surface area contributed by atoms with Gasteiger partial charge in [-0.05, 0) is 41.8 Å². The molecule has 3 heteroatoms. The molecule has 2 aromatic rings. The summed E-state index contributed by atoms with van der Waals surface area (Å²) in [6.07, 6.45) is 0.264. The summed E-state index contributed by atoms with van der Waals surface area (Å²) in [4.78, 5) is 0. The molecule has 0 aliphatic rings. The van der Waals surface area contributed by atoms with Gasteiger partial charge in [0, 0.05) is 5.02 Å². The Morgan fingerprint density at radius 1 is 1.16 bits per heavy atom. The Balaban J connectivity index is 2.01. The minimum atomic E-state index is -0.431. The Morgan fingerprint density at radius 2 is 1.89 bits per heavy atom. The van der Waals surface area contributed by atoms with E-state index in [-0.39, 0.29) is 0 Å². The van der Waals surface area contributed by atoms with Crippen molar-refractivity contribution >= 4 is 11.6 Å². The van der Waals surface area contributed by atoms with Crippen molar-refractivity contribution in [2.75, 3.05) is 0 Å². The van der Waals surface area contributed by atoms with Crippen LogP contribution in [0.25, 0.3) is 0 Å². The number of hydrogen-bond donors (Lipinski definition) is 1. The third-order valence-electron chi connectivity index (χ3n) is 2.95. The number of ether oxygens (including phenoxy) is 1. The molecule has 2 nitrogen and oxygen atoms in total. The molecule has 0 aromatic heterocycles. The molecule has 0 fully saturated rings. The summed E-state index contributed by atoms with van der Waals surface area (Å²) >= 11 is 5.83. The lowest BCUT2D eigenvalue weighted by Crippen LogP contribution is -1.98. The standard InChI is InChI=1S/C16H17ClO2/c1-2-16(18)13-4-3-5-15(10-13)19-11-12-6-8-14(17)9-7-12/h3-10,16,18H,2,11H2,1H3. The van der Waals surface area contributed by atoms with E-state index in [4.69, 9.17) is 16.3 Å². The first-order valence-corrected chi connectivity index (χ1v) is 6.72. The van der Waals surface area contributed by atoms with E-state index in [1.165, 1.54) is 0 Å². The van der Waals surface area contributed by atoms with Crippen molar-refractivity contribution in [3.05, 3.63) is 64.7 Å². The molecule has 1 N–H and O–H groups in total. The molecule has 0 radical (unpaired) electrons. The molecule has 0 amide bonds. The number of rotatable bonds is 5. The van der Waals surface area contributed by atoms with Crippen LogP contribution < -0.4 is 4.74 Å². The van der Waals surface area contributed by atoms with Crippen molar-refractivity contribution < 1.29 is 9.84 Å². The Bertz CT molecular complexity index is 523. The summed E-state index contributed by atoms with van der Waals surface area (Å²) in [6.45, 7) is 2.44. The molecule has 0 spiro atoms. The van der Waals surface area contributed by atoms with Crippen molar-refractivity contribution in [2.24, 2.45) is 0 Å². The van der Waals surface area contributed by atoms with Crippen LogP contribution in [0, 0.1) is 0 Å². The van der Waals surface area contributed by atoms with Gasteiger partial charge in [-0.15, -0.1) is 0 Å². The van der Waals surface area contributed by atoms with E-state index in [0.29, 0.717) is 13.0 Å². The normalized spacial score (nSPS) is 12.2. The maximum Gasteiger partial charge on any atom is 0.120 e. The summed E-state index contributed by atoms with van der Waals surface area (Å²) in [7, 11) is 0. The van der Waals surface area contributed by atoms with E-state index in [0.717, 1.165) is 21.9 Å². The number of benzene rings is 2. The second kappa shape index (κ2) is 6.60. The van der Waals surface area contributed by atoms with Gasteiger partial charge in [-0.2, -0.15) is 0 Å². The van der Waals surface area contributed by atoms with E-state index in [9.17, 15) is 5.11 Å². The van der Waals surface area contributed by atoms with Crippen molar-refractivity contribution in [3.63, 3.8) is 0 Å². The Morgan fingerprint density at radius 3 is 2.58 bits per heavy atom. The average Bonchev–Trinajstić information content (AvgIpc) is 2.46. The largest absolute Gasteiger partial charge is 0.489 e. The molecule has 2 rings (SSSR count). The van der Waals surface area contributed by atoms with Crippen LogP contribution in [0.5, 0.6) is 5.75 Å². The van der Waals surface area contributed by atoms with Crippen LogP contribution in [0.1, 0.15) is 30.6 Å². The minimum absolute atomic E-state index is 0.431. The second-order valence-corrected chi connectivity index (χ2v) is 4.85. The molecule has 0 aliphatic carbocycles. The first kappa shape index (κ1) is 13.9. The molecule has 100 valence electrons. The van der Waals surface area contributed by atoms with E-state index in [1.54, 1.807) is 0 Å². The van der Waals surface area contributed by atoms with Gasteiger partial charge in [-0.1, -0.05) is 42.8 Å². The van der Waals surface area contributed by atoms with Crippen molar-refractivity contribution in [3.8, 4) is 5.75 Å². The predicted octanol–water partition coefficient (Wildman–Crippen LogP) is 4.36. The van der Waals surface area contributed by atoms with Crippen LogP contribution in [-0.2, 0) is 6.61 Å². The molecule has 19 heavy (non-hydrogen) atoms.